The summed E-state index contributed by atoms with van der Waals surface area (Å²) >= 11 is 0. The first-order valence-electron chi connectivity index (χ1n) is 13.6. The lowest BCUT2D eigenvalue weighted by Gasteiger charge is -2.48. The van der Waals surface area contributed by atoms with Gasteiger partial charge in [-0.05, 0) is 64.8 Å². The van der Waals surface area contributed by atoms with Crippen molar-refractivity contribution in [2.24, 2.45) is 5.41 Å². The first-order chi connectivity index (χ1) is 18.8. The highest BCUT2D eigenvalue weighted by atomic mass is 19.3. The number of halogens is 2. The number of carboxylic acid groups (broad SMARTS) is 1. The van der Waals surface area contributed by atoms with Crippen molar-refractivity contribution in [1.82, 2.24) is 9.88 Å². The zero-order valence-electron chi connectivity index (χ0n) is 23.7. The fraction of sp³-hybridized carbons (Fsp3) is 0.533. The van der Waals surface area contributed by atoms with Crippen molar-refractivity contribution in [1.29, 1.82) is 0 Å². The van der Waals surface area contributed by atoms with Crippen LogP contribution >= 0.6 is 0 Å². The minimum Gasteiger partial charge on any atom is -0.480 e. The summed E-state index contributed by atoms with van der Waals surface area (Å²) in [6, 6.07) is 7.59. The fourth-order valence-electron chi connectivity index (χ4n) is 5.52. The van der Waals surface area contributed by atoms with Crippen LogP contribution in [0.1, 0.15) is 76.5 Å². The van der Waals surface area contributed by atoms with E-state index >= 15 is 0 Å². The Hall–Kier alpha value is -3.08. The Kier molecular flexibility index (Phi) is 7.39. The number of carboxylic acids is 1. The highest BCUT2D eigenvalue weighted by Gasteiger charge is 2.45. The molecule has 3 atom stereocenters. The lowest BCUT2D eigenvalue weighted by molar-refractivity contribution is -0.300. The first kappa shape index (κ1) is 28.4. The van der Waals surface area contributed by atoms with E-state index in [1.54, 1.807) is 17.9 Å². The number of nitrogens with zero attached hydrogens (tertiary/aromatic N) is 2. The van der Waals surface area contributed by atoms with E-state index in [-0.39, 0.29) is 16.7 Å². The van der Waals surface area contributed by atoms with E-state index in [1.807, 2.05) is 25.1 Å². The summed E-state index contributed by atoms with van der Waals surface area (Å²) in [5.41, 5.74) is 3.04. The van der Waals surface area contributed by atoms with Crippen molar-refractivity contribution in [3.05, 3.63) is 47.0 Å². The van der Waals surface area contributed by atoms with Crippen molar-refractivity contribution in [2.75, 3.05) is 13.2 Å². The molecule has 0 spiro atoms. The number of hydrogen-bond donors (Lipinski definition) is 1. The Morgan fingerprint density at radius 3 is 2.65 bits per heavy atom. The van der Waals surface area contributed by atoms with E-state index in [4.69, 9.17) is 23.6 Å². The van der Waals surface area contributed by atoms with Crippen LogP contribution in [0.3, 0.4) is 0 Å². The monoisotopic (exact) mass is 558 g/mol. The number of aliphatic carboxylic acids is 1. The molecule has 2 aromatic carbocycles. The number of likely N-dealkylation sites (tertiary alicyclic amines) is 1. The minimum absolute atomic E-state index is 0.0620. The number of benzene rings is 2. The van der Waals surface area contributed by atoms with E-state index in [1.165, 1.54) is 6.07 Å². The number of ether oxygens (including phenoxy) is 3. The molecule has 1 aromatic heterocycles. The van der Waals surface area contributed by atoms with Gasteiger partial charge in [0.15, 0.2) is 11.9 Å². The zero-order valence-corrected chi connectivity index (χ0v) is 23.7. The Balaban J connectivity index is 1.52. The third-order valence-corrected chi connectivity index (χ3v) is 8.75. The molecule has 8 nitrogen and oxygen atoms in total. The van der Waals surface area contributed by atoms with Crippen molar-refractivity contribution in [3.8, 4) is 17.2 Å². The highest BCUT2D eigenvalue weighted by molar-refractivity contribution is 5.80. The molecule has 2 aliphatic rings. The van der Waals surface area contributed by atoms with Crippen LogP contribution in [0.5, 0.6) is 5.75 Å². The molecule has 2 aliphatic heterocycles. The van der Waals surface area contributed by atoms with E-state index in [9.17, 15) is 18.7 Å². The van der Waals surface area contributed by atoms with Crippen LogP contribution in [-0.4, -0.2) is 52.4 Å². The number of hydrogen-bond acceptors (Lipinski definition) is 7. The van der Waals surface area contributed by atoms with Gasteiger partial charge in [0, 0.05) is 34.2 Å². The fourth-order valence-corrected chi connectivity index (χ4v) is 5.52. The summed E-state index contributed by atoms with van der Waals surface area (Å²) in [7, 11) is 0. The molecule has 2 saturated heterocycles. The highest BCUT2D eigenvalue weighted by Crippen LogP contribution is 2.45. The molecule has 10 heteroatoms. The van der Waals surface area contributed by atoms with Gasteiger partial charge in [0.05, 0.1) is 12.2 Å². The molecule has 0 aliphatic carbocycles. The quantitative estimate of drug-likeness (QED) is 0.336. The molecule has 1 N–H and O–H groups in total. The number of alkyl halides is 2. The molecular weight excluding hydrogens is 522 g/mol. The number of carbonyl (C=O) groups is 1. The lowest BCUT2D eigenvalue weighted by atomic mass is 9.77. The molecule has 40 heavy (non-hydrogen) atoms. The molecule has 0 amide bonds. The Morgan fingerprint density at radius 1 is 1.23 bits per heavy atom. The average molecular weight is 559 g/mol. The number of rotatable bonds is 7. The Labute approximate surface area is 232 Å². The van der Waals surface area contributed by atoms with Crippen molar-refractivity contribution < 1.29 is 37.3 Å². The van der Waals surface area contributed by atoms with E-state index < -0.39 is 36.6 Å². The van der Waals surface area contributed by atoms with Gasteiger partial charge in [-0.1, -0.05) is 26.0 Å². The topological polar surface area (TPSA) is 94.3 Å². The molecule has 0 saturated carbocycles. The molecule has 2 fully saturated rings. The Bertz CT molecular complexity index is 1420. The van der Waals surface area contributed by atoms with Crippen molar-refractivity contribution >= 4 is 17.1 Å². The summed E-state index contributed by atoms with van der Waals surface area (Å²) < 4.78 is 50.2. The summed E-state index contributed by atoms with van der Waals surface area (Å²) in [6.45, 7) is 10.1. The van der Waals surface area contributed by atoms with Crippen LogP contribution < -0.4 is 4.74 Å². The van der Waals surface area contributed by atoms with Crippen LogP contribution in [0.4, 0.5) is 8.78 Å². The average Bonchev–Trinajstić information content (AvgIpc) is 3.52. The second kappa shape index (κ2) is 10.4. The van der Waals surface area contributed by atoms with Gasteiger partial charge in [-0.25, -0.2) is 4.98 Å². The molecule has 2 unspecified atom stereocenters. The summed E-state index contributed by atoms with van der Waals surface area (Å²) in [5, 5.41) is 9.65. The minimum atomic E-state index is -3.05. The second-order valence-electron chi connectivity index (χ2n) is 11.8. The van der Waals surface area contributed by atoms with Crippen molar-refractivity contribution in [3.63, 3.8) is 0 Å². The number of aromatic nitrogens is 1. The van der Waals surface area contributed by atoms with E-state index in [2.05, 4.69) is 27.7 Å². The second-order valence-corrected chi connectivity index (χ2v) is 11.8. The molecular formula is C30H36F2N2O6. The van der Waals surface area contributed by atoms with Crippen LogP contribution in [0, 0.1) is 12.3 Å². The van der Waals surface area contributed by atoms with Gasteiger partial charge >= 0.3 is 12.6 Å². The zero-order chi connectivity index (χ0) is 29.0. The van der Waals surface area contributed by atoms with Gasteiger partial charge in [0.2, 0.25) is 5.89 Å². The molecule has 3 heterocycles. The molecule has 3 aromatic rings. The SMILES string of the molecule is Cc1c(-c2nc3cc(C(C)N4CCC[C@H]4C(=O)O)c(OC(F)F)cc3o2)cccc1C1OCC(C)(C)C(C)(C)O1. The van der Waals surface area contributed by atoms with Gasteiger partial charge in [-0.15, -0.1) is 0 Å². The maximum absolute atomic E-state index is 13.4. The van der Waals surface area contributed by atoms with Crippen LogP contribution in [-0.2, 0) is 14.3 Å². The molecule has 0 radical (unpaired) electrons. The number of fused-ring (bicyclic) bond motifs is 1. The smallest absolute Gasteiger partial charge is 0.387 e. The summed E-state index contributed by atoms with van der Waals surface area (Å²) in [6.07, 6.45) is 0.648. The predicted molar refractivity (Wildman–Crippen MR) is 144 cm³/mol. The molecule has 5 rings (SSSR count). The molecule has 0 bridgehead atoms. The largest absolute Gasteiger partial charge is 0.480 e. The maximum Gasteiger partial charge on any atom is 0.387 e. The van der Waals surface area contributed by atoms with E-state index in [0.717, 1.165) is 16.7 Å². The third kappa shape index (κ3) is 5.08. The van der Waals surface area contributed by atoms with Gasteiger partial charge in [0.25, 0.3) is 0 Å². The van der Waals surface area contributed by atoms with Gasteiger partial charge in [-0.2, -0.15) is 8.78 Å². The van der Waals surface area contributed by atoms with Gasteiger partial charge in [-0.3, -0.25) is 9.69 Å². The maximum atomic E-state index is 13.4. The predicted octanol–water partition coefficient (Wildman–Crippen LogP) is 6.86. The number of oxazole rings is 1. The summed E-state index contributed by atoms with van der Waals surface area (Å²) in [5.74, 6) is -0.672. The third-order valence-electron chi connectivity index (χ3n) is 8.75. The van der Waals surface area contributed by atoms with Crippen LogP contribution in [0.2, 0.25) is 0 Å². The van der Waals surface area contributed by atoms with Crippen LogP contribution in [0.15, 0.2) is 34.7 Å². The van der Waals surface area contributed by atoms with Gasteiger partial charge < -0.3 is 23.7 Å². The lowest BCUT2D eigenvalue weighted by Crippen LogP contribution is -2.50. The van der Waals surface area contributed by atoms with Gasteiger partial charge in [0.1, 0.15) is 17.3 Å². The molecule has 216 valence electrons. The van der Waals surface area contributed by atoms with Crippen molar-refractivity contribution in [2.45, 2.75) is 85.0 Å². The Morgan fingerprint density at radius 2 is 1.98 bits per heavy atom. The summed E-state index contributed by atoms with van der Waals surface area (Å²) in [4.78, 5) is 18.3. The normalized spacial score (nSPS) is 23.5. The first-order valence-corrected chi connectivity index (χ1v) is 13.6. The van der Waals surface area contributed by atoms with Crippen LogP contribution in [0.25, 0.3) is 22.6 Å². The standard InChI is InChI=1S/C30H36F2N2O6/c1-16-18(9-7-10-19(16)27-37-15-29(3,4)30(5,6)40-27)25-33-21-13-20(23(39-28(31)32)14-24(21)38-25)17(2)34-12-8-11-22(34)26(35)36/h7,9-10,13-14,17,22,27-28H,8,11-12,15H2,1-6H3,(H,35,36)/t17?,22-,27?/m0/s1. The van der Waals surface area contributed by atoms with E-state index in [0.29, 0.717) is 43.0 Å².